The monoisotopic (exact) mass is 296 g/mol. The van der Waals surface area contributed by atoms with Gasteiger partial charge in [-0.25, -0.2) is 0 Å². The number of para-hydroxylation sites is 1. The fourth-order valence-corrected chi connectivity index (χ4v) is 4.43. The Kier molecular flexibility index (Phi) is 3.42. The van der Waals surface area contributed by atoms with Gasteiger partial charge in [-0.05, 0) is 0 Å². The first-order chi connectivity index (χ1) is 7.68. The molecule has 82 valence electrons. The van der Waals surface area contributed by atoms with Gasteiger partial charge < -0.3 is 0 Å². The van der Waals surface area contributed by atoms with Crippen molar-refractivity contribution in [2.24, 2.45) is 0 Å². The van der Waals surface area contributed by atoms with Crippen molar-refractivity contribution in [2.75, 3.05) is 0 Å². The molecular formula is C12H10AsClO2. The summed E-state index contributed by atoms with van der Waals surface area (Å²) in [6, 6.07) is 17.8. The average Bonchev–Trinajstić information content (AvgIpc) is 2.31. The number of rotatable bonds is 3. The van der Waals surface area contributed by atoms with Crippen molar-refractivity contribution in [1.29, 1.82) is 0 Å². The molecule has 2 aromatic carbocycles. The van der Waals surface area contributed by atoms with Crippen LogP contribution in [0.15, 0.2) is 60.7 Å². The SMILES string of the molecule is O=[As](Cl)(Oc1ccccc1)c1ccccc1. The van der Waals surface area contributed by atoms with Crippen LogP contribution in [0.5, 0.6) is 5.75 Å². The van der Waals surface area contributed by atoms with Gasteiger partial charge in [0.1, 0.15) is 0 Å². The van der Waals surface area contributed by atoms with Crippen LogP contribution in [-0.4, -0.2) is 12.9 Å². The third kappa shape index (κ3) is 2.72. The maximum atomic E-state index is 12.2. The molecule has 0 saturated carbocycles. The van der Waals surface area contributed by atoms with Crippen LogP contribution in [0.25, 0.3) is 0 Å². The second-order valence-corrected chi connectivity index (χ2v) is 9.01. The fourth-order valence-electron chi connectivity index (χ4n) is 1.28. The van der Waals surface area contributed by atoms with Gasteiger partial charge in [0.25, 0.3) is 0 Å². The van der Waals surface area contributed by atoms with Crippen LogP contribution >= 0.6 is 9.95 Å². The molecule has 0 aliphatic heterocycles. The van der Waals surface area contributed by atoms with Crippen LogP contribution < -0.4 is 8.08 Å². The van der Waals surface area contributed by atoms with E-state index in [1.807, 2.05) is 24.3 Å². The van der Waals surface area contributed by atoms with Gasteiger partial charge in [0.05, 0.1) is 0 Å². The van der Waals surface area contributed by atoms with Gasteiger partial charge in [0, 0.05) is 0 Å². The van der Waals surface area contributed by atoms with E-state index in [9.17, 15) is 3.74 Å². The Balaban J connectivity index is 2.25. The molecule has 0 bridgehead atoms. The van der Waals surface area contributed by atoms with E-state index in [4.69, 9.17) is 13.7 Å². The molecule has 0 aromatic heterocycles. The molecule has 2 aromatic rings. The maximum absolute atomic E-state index is 12.2. The van der Waals surface area contributed by atoms with Crippen LogP contribution in [0.2, 0.25) is 0 Å². The third-order valence-electron chi connectivity index (χ3n) is 2.03. The van der Waals surface area contributed by atoms with E-state index in [1.54, 1.807) is 36.4 Å². The molecule has 0 heterocycles. The molecule has 0 fully saturated rings. The van der Waals surface area contributed by atoms with E-state index in [0.29, 0.717) is 10.1 Å². The van der Waals surface area contributed by atoms with E-state index in [-0.39, 0.29) is 0 Å². The van der Waals surface area contributed by atoms with Gasteiger partial charge in [0.15, 0.2) is 0 Å². The van der Waals surface area contributed by atoms with E-state index >= 15 is 0 Å². The Labute approximate surface area is 101 Å². The van der Waals surface area contributed by atoms with Crippen molar-refractivity contribution in [3.05, 3.63) is 60.7 Å². The van der Waals surface area contributed by atoms with Crippen LogP contribution in [0, 0.1) is 0 Å². The normalized spacial score (nSPS) is 14.1. The quantitative estimate of drug-likeness (QED) is 0.814. The van der Waals surface area contributed by atoms with Crippen molar-refractivity contribution in [3.8, 4) is 5.75 Å². The molecule has 0 aliphatic rings. The van der Waals surface area contributed by atoms with Crippen LogP contribution in [-0.2, 0) is 3.74 Å². The van der Waals surface area contributed by atoms with Gasteiger partial charge >= 0.3 is 101 Å². The number of halogens is 1. The Morgan fingerprint density at radius 1 is 0.875 bits per heavy atom. The van der Waals surface area contributed by atoms with E-state index in [0.717, 1.165) is 0 Å². The Bertz CT molecular complexity index is 499. The Hall–Kier alpha value is -1.11. The molecule has 0 N–H and O–H groups in total. The Morgan fingerprint density at radius 3 is 1.94 bits per heavy atom. The van der Waals surface area contributed by atoms with Gasteiger partial charge in [-0.1, -0.05) is 0 Å². The molecule has 0 radical (unpaired) electrons. The minimum atomic E-state index is -3.96. The fraction of sp³-hybridized carbons (Fsp3) is 0. The first kappa shape index (κ1) is 11.4. The molecule has 0 amide bonds. The summed E-state index contributed by atoms with van der Waals surface area (Å²) in [4.78, 5) is 0. The van der Waals surface area contributed by atoms with Crippen molar-refractivity contribution in [2.45, 2.75) is 0 Å². The van der Waals surface area contributed by atoms with Gasteiger partial charge in [-0.3, -0.25) is 0 Å². The standard InChI is InChI=1S/C12H10AsClO2/c14-13(15,11-7-3-1-4-8-11)16-12-9-5-2-6-10-12/h1-10H. The van der Waals surface area contributed by atoms with Gasteiger partial charge in [0.2, 0.25) is 0 Å². The summed E-state index contributed by atoms with van der Waals surface area (Å²) in [6.45, 7) is 0. The summed E-state index contributed by atoms with van der Waals surface area (Å²) < 4.78 is 18.1. The zero-order valence-corrected chi connectivity index (χ0v) is 11.0. The van der Waals surface area contributed by atoms with Crippen molar-refractivity contribution in [3.63, 3.8) is 0 Å². The molecule has 1 unspecified atom stereocenters. The van der Waals surface area contributed by atoms with Crippen molar-refractivity contribution >= 4 is 27.2 Å². The summed E-state index contributed by atoms with van der Waals surface area (Å²) in [5, 5.41) is 0. The molecule has 16 heavy (non-hydrogen) atoms. The molecule has 1 atom stereocenters. The molecule has 0 saturated heterocycles. The summed E-state index contributed by atoms with van der Waals surface area (Å²) in [5.41, 5.74) is 0. The predicted octanol–water partition coefficient (Wildman–Crippen LogP) is 2.58. The van der Waals surface area contributed by atoms with Gasteiger partial charge in [-0.15, -0.1) is 0 Å². The summed E-state index contributed by atoms with van der Waals surface area (Å²) in [7, 11) is 5.99. The number of hydrogen-bond acceptors (Lipinski definition) is 2. The average molecular weight is 297 g/mol. The summed E-state index contributed by atoms with van der Waals surface area (Å²) in [6.07, 6.45) is 0. The molecule has 2 rings (SSSR count). The second kappa shape index (κ2) is 4.82. The van der Waals surface area contributed by atoms with Crippen molar-refractivity contribution in [1.82, 2.24) is 0 Å². The zero-order chi connectivity index (χ0) is 11.4. The summed E-state index contributed by atoms with van der Waals surface area (Å²) in [5.74, 6) is 0.531. The molecular weight excluding hydrogens is 287 g/mol. The van der Waals surface area contributed by atoms with Crippen LogP contribution in [0.4, 0.5) is 0 Å². The van der Waals surface area contributed by atoms with Crippen LogP contribution in [0.1, 0.15) is 0 Å². The second-order valence-electron chi connectivity index (χ2n) is 3.22. The van der Waals surface area contributed by atoms with E-state index < -0.39 is 12.9 Å². The zero-order valence-electron chi connectivity index (χ0n) is 8.42. The number of benzene rings is 2. The van der Waals surface area contributed by atoms with Gasteiger partial charge in [-0.2, -0.15) is 0 Å². The molecule has 0 aliphatic carbocycles. The molecule has 4 heteroatoms. The molecule has 0 spiro atoms. The predicted molar refractivity (Wildman–Crippen MR) is 65.4 cm³/mol. The number of hydrogen-bond donors (Lipinski definition) is 0. The molecule has 2 nitrogen and oxygen atoms in total. The van der Waals surface area contributed by atoms with Crippen molar-refractivity contribution < 1.29 is 7.47 Å². The van der Waals surface area contributed by atoms with E-state index in [2.05, 4.69) is 0 Å². The minimum absolute atomic E-state index is 0.531. The van der Waals surface area contributed by atoms with E-state index in [1.165, 1.54) is 0 Å². The first-order valence-electron chi connectivity index (χ1n) is 4.78. The first-order valence-corrected chi connectivity index (χ1v) is 9.72. The topological polar surface area (TPSA) is 26.3 Å². The third-order valence-corrected chi connectivity index (χ3v) is 6.26. The van der Waals surface area contributed by atoms with Crippen LogP contribution in [0.3, 0.4) is 0 Å². The summed E-state index contributed by atoms with van der Waals surface area (Å²) >= 11 is -3.96. The Morgan fingerprint density at radius 2 is 1.38 bits per heavy atom.